The lowest BCUT2D eigenvalue weighted by molar-refractivity contribution is -0.173. The fraction of sp³-hybridized carbons (Fsp3) is 0.300. The molecule has 27 heavy (non-hydrogen) atoms. The third kappa shape index (κ3) is 3.77. The zero-order chi connectivity index (χ0) is 19.6. The summed E-state index contributed by atoms with van der Waals surface area (Å²) >= 11 is 0. The van der Waals surface area contributed by atoms with Gasteiger partial charge in [0.2, 0.25) is 5.91 Å². The van der Waals surface area contributed by atoms with Gasteiger partial charge in [-0.3, -0.25) is 4.79 Å². The van der Waals surface area contributed by atoms with Crippen molar-refractivity contribution in [2.45, 2.75) is 32.2 Å². The summed E-state index contributed by atoms with van der Waals surface area (Å²) in [5, 5.41) is 4.09. The second-order valence-corrected chi connectivity index (χ2v) is 6.20. The van der Waals surface area contributed by atoms with E-state index in [1.54, 1.807) is 18.2 Å². The number of hydrogen-bond acceptors (Lipinski definition) is 4. The minimum absolute atomic E-state index is 0.154. The van der Waals surface area contributed by atoms with E-state index in [2.05, 4.69) is 10.1 Å². The number of esters is 1. The molecule has 5 nitrogen and oxygen atoms in total. The first-order valence-electron chi connectivity index (χ1n) is 8.55. The van der Waals surface area contributed by atoms with Crippen LogP contribution in [0.25, 0.3) is 21.9 Å². The van der Waals surface area contributed by atoms with E-state index in [1.165, 1.54) is 13.8 Å². The Bertz CT molecular complexity index is 996. The van der Waals surface area contributed by atoms with E-state index in [1.807, 2.05) is 24.3 Å². The summed E-state index contributed by atoms with van der Waals surface area (Å²) in [7, 11) is 0. The first kappa shape index (κ1) is 18.8. The number of alkyl halides is 2. The van der Waals surface area contributed by atoms with Crippen LogP contribution in [0.3, 0.4) is 0 Å². The number of furan rings is 1. The number of nitrogens with one attached hydrogen (secondary N) is 1. The highest BCUT2D eigenvalue weighted by Crippen LogP contribution is 2.37. The number of amides is 1. The monoisotopic (exact) mass is 375 g/mol. The number of carbonyl (C=O) groups is 2. The maximum atomic E-state index is 14.3. The molecule has 0 aliphatic heterocycles. The van der Waals surface area contributed by atoms with Gasteiger partial charge in [-0.2, -0.15) is 8.78 Å². The summed E-state index contributed by atoms with van der Waals surface area (Å²) in [5.41, 5.74) is 1.39. The fourth-order valence-corrected chi connectivity index (χ4v) is 3.10. The molecule has 0 aliphatic rings. The highest BCUT2D eigenvalue weighted by Gasteiger charge is 2.43. The van der Waals surface area contributed by atoms with Crippen LogP contribution in [0.5, 0.6) is 0 Å². The van der Waals surface area contributed by atoms with Gasteiger partial charge in [0.05, 0.1) is 12.6 Å². The first-order chi connectivity index (χ1) is 12.8. The minimum Gasteiger partial charge on any atom is -0.462 e. The summed E-state index contributed by atoms with van der Waals surface area (Å²) in [6, 6.07) is 11.3. The standard InChI is InChI=1S/C20H19F2NO4/c1-3-26-19(25)20(21,22)11-16(23-12(2)24)15-9-6-8-14-13-7-4-5-10-17(13)27-18(14)15/h4-10,16H,3,11H2,1-2H3,(H,23,24). The number of benzene rings is 2. The van der Waals surface area contributed by atoms with E-state index in [0.29, 0.717) is 16.7 Å². The molecule has 3 rings (SSSR count). The molecule has 142 valence electrons. The van der Waals surface area contributed by atoms with Crippen LogP contribution in [0, 0.1) is 0 Å². The van der Waals surface area contributed by atoms with E-state index in [4.69, 9.17) is 4.42 Å². The quantitative estimate of drug-likeness (QED) is 0.651. The Kier molecular flexibility index (Phi) is 5.12. The largest absolute Gasteiger partial charge is 0.462 e. The minimum atomic E-state index is -3.75. The molecular formula is C20H19F2NO4. The second-order valence-electron chi connectivity index (χ2n) is 6.20. The lowest BCUT2D eigenvalue weighted by Gasteiger charge is -2.23. The summed E-state index contributed by atoms with van der Waals surface area (Å²) in [6.07, 6.45) is -0.929. The number of fused-ring (bicyclic) bond motifs is 3. The number of para-hydroxylation sites is 2. The van der Waals surface area contributed by atoms with E-state index in [0.717, 1.165) is 10.8 Å². The summed E-state index contributed by atoms with van der Waals surface area (Å²) in [6.45, 7) is 2.53. The van der Waals surface area contributed by atoms with E-state index in [9.17, 15) is 18.4 Å². The second kappa shape index (κ2) is 7.34. The van der Waals surface area contributed by atoms with Crippen LogP contribution in [0.1, 0.15) is 31.9 Å². The molecule has 1 N–H and O–H groups in total. The topological polar surface area (TPSA) is 68.5 Å². The predicted molar refractivity (Wildman–Crippen MR) is 96.5 cm³/mol. The molecule has 1 unspecified atom stereocenters. The van der Waals surface area contributed by atoms with Gasteiger partial charge in [0, 0.05) is 29.7 Å². The molecule has 1 atom stereocenters. The fourth-order valence-electron chi connectivity index (χ4n) is 3.10. The van der Waals surface area contributed by atoms with Crippen molar-refractivity contribution >= 4 is 33.8 Å². The number of halogens is 2. The molecule has 1 amide bonds. The highest BCUT2D eigenvalue weighted by molar-refractivity contribution is 6.06. The van der Waals surface area contributed by atoms with Gasteiger partial charge in [0.25, 0.3) is 0 Å². The van der Waals surface area contributed by atoms with Crippen LogP contribution in [-0.4, -0.2) is 24.4 Å². The summed E-state index contributed by atoms with van der Waals surface area (Å²) in [5.74, 6) is -5.86. The van der Waals surface area contributed by atoms with Gasteiger partial charge in [-0.25, -0.2) is 4.79 Å². The van der Waals surface area contributed by atoms with Gasteiger partial charge in [-0.1, -0.05) is 36.4 Å². The third-order valence-corrected chi connectivity index (χ3v) is 4.22. The van der Waals surface area contributed by atoms with Gasteiger partial charge in [-0.15, -0.1) is 0 Å². The highest BCUT2D eigenvalue weighted by atomic mass is 19.3. The van der Waals surface area contributed by atoms with Crippen LogP contribution < -0.4 is 5.32 Å². The Morgan fingerprint density at radius 1 is 1.15 bits per heavy atom. The third-order valence-electron chi connectivity index (χ3n) is 4.22. The zero-order valence-electron chi connectivity index (χ0n) is 14.9. The molecule has 0 bridgehead atoms. The number of ether oxygens (including phenoxy) is 1. The molecule has 2 aromatic carbocycles. The van der Waals surface area contributed by atoms with Crippen molar-refractivity contribution in [1.82, 2.24) is 5.32 Å². The van der Waals surface area contributed by atoms with Gasteiger partial charge in [-0.05, 0) is 13.0 Å². The van der Waals surface area contributed by atoms with Crippen molar-refractivity contribution in [2.75, 3.05) is 6.61 Å². The van der Waals surface area contributed by atoms with Crippen molar-refractivity contribution in [3.63, 3.8) is 0 Å². The van der Waals surface area contributed by atoms with E-state index in [-0.39, 0.29) is 6.61 Å². The van der Waals surface area contributed by atoms with Crippen LogP contribution in [0.2, 0.25) is 0 Å². The predicted octanol–water partition coefficient (Wildman–Crippen LogP) is 4.35. The number of rotatable bonds is 6. The van der Waals surface area contributed by atoms with Gasteiger partial charge < -0.3 is 14.5 Å². The van der Waals surface area contributed by atoms with Crippen molar-refractivity contribution in [1.29, 1.82) is 0 Å². The summed E-state index contributed by atoms with van der Waals surface area (Å²) < 4.78 is 39.0. The van der Waals surface area contributed by atoms with Crippen LogP contribution in [-0.2, 0) is 14.3 Å². The van der Waals surface area contributed by atoms with Crippen molar-refractivity contribution < 1.29 is 27.5 Å². The van der Waals surface area contributed by atoms with Crippen LogP contribution in [0.15, 0.2) is 46.9 Å². The van der Waals surface area contributed by atoms with Gasteiger partial charge >= 0.3 is 11.9 Å². The molecule has 3 aromatic rings. The lowest BCUT2D eigenvalue weighted by atomic mass is 9.97. The maximum absolute atomic E-state index is 14.3. The van der Waals surface area contributed by atoms with Crippen LogP contribution >= 0.6 is 0 Å². The molecule has 0 saturated heterocycles. The van der Waals surface area contributed by atoms with Gasteiger partial charge in [0.15, 0.2) is 0 Å². The molecule has 1 aromatic heterocycles. The molecule has 0 fully saturated rings. The number of carbonyl (C=O) groups excluding carboxylic acids is 2. The molecule has 0 aliphatic carbocycles. The average Bonchev–Trinajstić information content (AvgIpc) is 2.99. The average molecular weight is 375 g/mol. The molecule has 7 heteroatoms. The van der Waals surface area contributed by atoms with E-state index >= 15 is 0 Å². The van der Waals surface area contributed by atoms with Gasteiger partial charge in [0.1, 0.15) is 11.2 Å². The molecule has 0 spiro atoms. The van der Waals surface area contributed by atoms with Crippen molar-refractivity contribution in [3.8, 4) is 0 Å². The Morgan fingerprint density at radius 3 is 2.56 bits per heavy atom. The SMILES string of the molecule is CCOC(=O)C(F)(F)CC(NC(C)=O)c1cccc2c1oc1ccccc12. The van der Waals surface area contributed by atoms with Crippen LogP contribution in [0.4, 0.5) is 8.78 Å². The van der Waals surface area contributed by atoms with Crippen molar-refractivity contribution in [3.05, 3.63) is 48.0 Å². The lowest BCUT2D eigenvalue weighted by Crippen LogP contribution is -2.37. The summed E-state index contributed by atoms with van der Waals surface area (Å²) in [4.78, 5) is 23.2. The Morgan fingerprint density at radius 2 is 1.85 bits per heavy atom. The molecular weight excluding hydrogens is 356 g/mol. The molecule has 0 radical (unpaired) electrons. The Labute approximate surface area is 154 Å². The maximum Gasteiger partial charge on any atom is 0.377 e. The first-order valence-corrected chi connectivity index (χ1v) is 8.55. The normalized spacial score (nSPS) is 12.9. The molecule has 1 heterocycles. The Balaban J connectivity index is 2.07. The molecule has 0 saturated carbocycles. The van der Waals surface area contributed by atoms with E-state index < -0.39 is 30.3 Å². The Hall–Kier alpha value is -2.96. The zero-order valence-corrected chi connectivity index (χ0v) is 14.9. The number of hydrogen-bond donors (Lipinski definition) is 1. The smallest absolute Gasteiger partial charge is 0.377 e. The van der Waals surface area contributed by atoms with Crippen molar-refractivity contribution in [2.24, 2.45) is 0 Å².